The molecular weight excluding hydrogens is 258 g/mol. The van der Waals surface area contributed by atoms with Gasteiger partial charge in [0.25, 0.3) is 0 Å². The van der Waals surface area contributed by atoms with Crippen LogP contribution in [0.15, 0.2) is 30.5 Å². The van der Waals surface area contributed by atoms with Gasteiger partial charge in [-0.1, -0.05) is 12.1 Å². The lowest BCUT2D eigenvalue weighted by Crippen LogP contribution is -2.47. The molecule has 0 radical (unpaired) electrons. The molecule has 1 aliphatic rings. The molecule has 6 nitrogen and oxygen atoms in total. The maximum absolute atomic E-state index is 10.9. The number of hydrogen-bond donors (Lipinski definition) is 1. The zero-order chi connectivity index (χ0) is 13.9. The Bertz CT molecular complexity index is 632. The fourth-order valence-electron chi connectivity index (χ4n) is 2.41. The van der Waals surface area contributed by atoms with Crippen molar-refractivity contribution < 1.29 is 14.6 Å². The number of aliphatic carboxylic acids is 1. The first-order valence-electron chi connectivity index (χ1n) is 6.52. The molecule has 104 valence electrons. The number of rotatable bonds is 3. The van der Waals surface area contributed by atoms with Crippen LogP contribution in [0.2, 0.25) is 0 Å². The van der Waals surface area contributed by atoms with E-state index in [9.17, 15) is 4.79 Å². The van der Waals surface area contributed by atoms with E-state index in [4.69, 9.17) is 9.84 Å². The molecule has 1 unspecified atom stereocenters. The van der Waals surface area contributed by atoms with E-state index in [2.05, 4.69) is 9.97 Å². The minimum atomic E-state index is -0.834. The number of nitrogens with zero attached hydrogens (tertiary/aromatic N) is 3. The minimum absolute atomic E-state index is 0.0362. The number of hydrogen-bond acceptors (Lipinski definition) is 5. The average Bonchev–Trinajstić information content (AvgIpc) is 2.47. The highest BCUT2D eigenvalue weighted by atomic mass is 16.5. The van der Waals surface area contributed by atoms with Crippen LogP contribution in [-0.4, -0.2) is 46.8 Å². The number of aromatic nitrogens is 2. The van der Waals surface area contributed by atoms with E-state index < -0.39 is 5.97 Å². The second-order valence-electron chi connectivity index (χ2n) is 4.74. The number of anilines is 1. The molecule has 0 saturated carbocycles. The summed E-state index contributed by atoms with van der Waals surface area (Å²) in [5, 5.41) is 8.98. The van der Waals surface area contributed by atoms with E-state index in [0.717, 1.165) is 11.0 Å². The molecule has 1 aliphatic heterocycles. The molecule has 1 atom stereocenters. The molecular formula is C14H15N3O3. The summed E-state index contributed by atoms with van der Waals surface area (Å²) >= 11 is 0. The first-order chi connectivity index (χ1) is 9.74. The van der Waals surface area contributed by atoms with Crippen LogP contribution in [0.3, 0.4) is 0 Å². The summed E-state index contributed by atoms with van der Waals surface area (Å²) in [6, 6.07) is 7.43. The molecule has 1 aromatic carbocycles. The highest BCUT2D eigenvalue weighted by molar-refractivity contribution is 5.75. The van der Waals surface area contributed by atoms with Gasteiger partial charge < -0.3 is 14.7 Å². The Kier molecular flexibility index (Phi) is 3.47. The number of carbonyl (C=O) groups is 1. The predicted molar refractivity (Wildman–Crippen MR) is 73.7 cm³/mol. The van der Waals surface area contributed by atoms with Crippen molar-refractivity contribution in [3.8, 4) is 0 Å². The van der Waals surface area contributed by atoms with Crippen LogP contribution in [0.25, 0.3) is 11.0 Å². The number of para-hydroxylation sites is 2. The average molecular weight is 273 g/mol. The molecule has 0 amide bonds. The van der Waals surface area contributed by atoms with Gasteiger partial charge in [0.15, 0.2) is 0 Å². The number of morpholine rings is 1. The van der Waals surface area contributed by atoms with Gasteiger partial charge in [0.05, 0.1) is 42.9 Å². The van der Waals surface area contributed by atoms with Gasteiger partial charge in [-0.05, 0) is 12.1 Å². The molecule has 2 aromatic rings. The Labute approximate surface area is 116 Å². The largest absolute Gasteiger partial charge is 0.481 e. The van der Waals surface area contributed by atoms with Crippen LogP contribution < -0.4 is 4.90 Å². The van der Waals surface area contributed by atoms with Crippen LogP contribution in [0.4, 0.5) is 5.82 Å². The highest BCUT2D eigenvalue weighted by Gasteiger charge is 2.26. The SMILES string of the molecule is O=C(O)CC1COCCN1c1cnc2ccccc2n1. The Morgan fingerprint density at radius 2 is 2.20 bits per heavy atom. The molecule has 1 saturated heterocycles. The maximum Gasteiger partial charge on any atom is 0.305 e. The lowest BCUT2D eigenvalue weighted by molar-refractivity contribution is -0.138. The summed E-state index contributed by atoms with van der Waals surface area (Å²) < 4.78 is 5.37. The van der Waals surface area contributed by atoms with Crippen molar-refractivity contribution in [3.05, 3.63) is 30.5 Å². The van der Waals surface area contributed by atoms with E-state index >= 15 is 0 Å². The summed E-state index contributed by atoms with van der Waals surface area (Å²) in [7, 11) is 0. The standard InChI is InChI=1S/C14H15N3O3/c18-14(19)7-10-9-20-6-5-17(10)13-8-15-11-3-1-2-4-12(11)16-13/h1-4,8,10H,5-7,9H2,(H,18,19). The Morgan fingerprint density at radius 1 is 1.40 bits per heavy atom. The number of ether oxygens (including phenoxy) is 1. The summed E-state index contributed by atoms with van der Waals surface area (Å²) in [4.78, 5) is 21.9. The molecule has 2 heterocycles. The molecule has 0 spiro atoms. The van der Waals surface area contributed by atoms with E-state index in [0.29, 0.717) is 25.6 Å². The second kappa shape index (κ2) is 5.42. The van der Waals surface area contributed by atoms with Crippen LogP contribution >= 0.6 is 0 Å². The van der Waals surface area contributed by atoms with Crippen molar-refractivity contribution in [3.63, 3.8) is 0 Å². The van der Waals surface area contributed by atoms with E-state index in [1.54, 1.807) is 6.20 Å². The maximum atomic E-state index is 10.9. The Balaban J connectivity index is 1.92. The fraction of sp³-hybridized carbons (Fsp3) is 0.357. The summed E-state index contributed by atoms with van der Waals surface area (Å²) in [5.74, 6) is -0.127. The summed E-state index contributed by atoms with van der Waals surface area (Å²) in [6.45, 7) is 1.61. The van der Waals surface area contributed by atoms with Crippen molar-refractivity contribution in [2.75, 3.05) is 24.7 Å². The smallest absolute Gasteiger partial charge is 0.305 e. The van der Waals surface area contributed by atoms with E-state index in [1.807, 2.05) is 29.2 Å². The van der Waals surface area contributed by atoms with Gasteiger partial charge in [0.2, 0.25) is 0 Å². The third-order valence-electron chi connectivity index (χ3n) is 3.37. The van der Waals surface area contributed by atoms with Gasteiger partial charge in [0.1, 0.15) is 5.82 Å². The minimum Gasteiger partial charge on any atom is -0.481 e. The zero-order valence-corrected chi connectivity index (χ0v) is 10.9. The molecule has 3 rings (SSSR count). The first kappa shape index (κ1) is 12.8. The molecule has 0 bridgehead atoms. The monoisotopic (exact) mass is 273 g/mol. The second-order valence-corrected chi connectivity index (χ2v) is 4.74. The van der Waals surface area contributed by atoms with Crippen molar-refractivity contribution in [2.45, 2.75) is 12.5 Å². The van der Waals surface area contributed by atoms with Crippen LogP contribution in [0.1, 0.15) is 6.42 Å². The van der Waals surface area contributed by atoms with Crippen molar-refractivity contribution in [2.24, 2.45) is 0 Å². The Morgan fingerprint density at radius 3 is 3.00 bits per heavy atom. The van der Waals surface area contributed by atoms with Gasteiger partial charge in [-0.2, -0.15) is 0 Å². The molecule has 1 aromatic heterocycles. The normalized spacial score (nSPS) is 19.2. The van der Waals surface area contributed by atoms with Crippen molar-refractivity contribution >= 4 is 22.8 Å². The number of fused-ring (bicyclic) bond motifs is 1. The lowest BCUT2D eigenvalue weighted by Gasteiger charge is -2.35. The van der Waals surface area contributed by atoms with Gasteiger partial charge in [-0.3, -0.25) is 9.78 Å². The number of carboxylic acid groups (broad SMARTS) is 1. The highest BCUT2D eigenvalue weighted by Crippen LogP contribution is 2.21. The lowest BCUT2D eigenvalue weighted by atomic mass is 10.1. The number of carboxylic acids is 1. The third-order valence-corrected chi connectivity index (χ3v) is 3.37. The summed E-state index contributed by atoms with van der Waals surface area (Å²) in [6.07, 6.45) is 1.73. The Hall–Kier alpha value is -2.21. The number of benzene rings is 1. The fourth-order valence-corrected chi connectivity index (χ4v) is 2.41. The predicted octanol–water partition coefficient (Wildman–Crippen LogP) is 1.31. The third kappa shape index (κ3) is 2.55. The molecule has 6 heteroatoms. The van der Waals surface area contributed by atoms with Gasteiger partial charge in [-0.15, -0.1) is 0 Å². The van der Waals surface area contributed by atoms with Crippen LogP contribution in [-0.2, 0) is 9.53 Å². The van der Waals surface area contributed by atoms with Gasteiger partial charge in [0, 0.05) is 6.54 Å². The van der Waals surface area contributed by atoms with E-state index in [-0.39, 0.29) is 12.5 Å². The van der Waals surface area contributed by atoms with Gasteiger partial charge >= 0.3 is 5.97 Å². The van der Waals surface area contributed by atoms with E-state index in [1.165, 1.54) is 0 Å². The van der Waals surface area contributed by atoms with Crippen molar-refractivity contribution in [1.29, 1.82) is 0 Å². The van der Waals surface area contributed by atoms with Crippen molar-refractivity contribution in [1.82, 2.24) is 9.97 Å². The molecule has 1 fully saturated rings. The van der Waals surface area contributed by atoms with Gasteiger partial charge in [-0.25, -0.2) is 4.98 Å². The first-order valence-corrected chi connectivity index (χ1v) is 6.52. The topological polar surface area (TPSA) is 75.6 Å². The quantitative estimate of drug-likeness (QED) is 0.908. The molecule has 0 aliphatic carbocycles. The molecule has 1 N–H and O–H groups in total. The molecule has 20 heavy (non-hydrogen) atoms. The van der Waals surface area contributed by atoms with Crippen LogP contribution in [0.5, 0.6) is 0 Å². The summed E-state index contributed by atoms with van der Waals surface area (Å²) in [5.41, 5.74) is 1.64. The zero-order valence-electron chi connectivity index (χ0n) is 10.9. The van der Waals surface area contributed by atoms with Crippen LogP contribution in [0, 0.1) is 0 Å².